The van der Waals surface area contributed by atoms with Crippen molar-refractivity contribution in [3.8, 4) is 0 Å². The van der Waals surface area contributed by atoms with E-state index >= 15 is 0 Å². The van der Waals surface area contributed by atoms with E-state index in [1.807, 2.05) is 0 Å². The van der Waals surface area contributed by atoms with Crippen molar-refractivity contribution in [3.63, 3.8) is 0 Å². The smallest absolute Gasteiger partial charge is 0.323 e. The van der Waals surface area contributed by atoms with Crippen LogP contribution in [0.4, 0.5) is 4.39 Å². The second kappa shape index (κ2) is 6.02. The van der Waals surface area contributed by atoms with Gasteiger partial charge in [0.05, 0.1) is 0 Å². The van der Waals surface area contributed by atoms with Crippen molar-refractivity contribution in [1.29, 1.82) is 0 Å². The maximum Gasteiger partial charge on any atom is 0.339 e. The third kappa shape index (κ3) is 3.34. The number of nitrogens with two attached hydrogens (primary N) is 1. The molecule has 1 unspecified atom stereocenters. The number of nitrogens with zero attached hydrogens (tertiary/aromatic N) is 2. The maximum absolute atomic E-state index is 13.1. The van der Waals surface area contributed by atoms with E-state index in [4.69, 9.17) is 5.73 Å². The lowest BCUT2D eigenvalue weighted by Crippen LogP contribution is -2.34. The molecule has 20 heavy (non-hydrogen) atoms. The lowest BCUT2D eigenvalue weighted by Gasteiger charge is -2.12. The van der Waals surface area contributed by atoms with Gasteiger partial charge in [-0.25, -0.2) is 4.39 Å². The Morgan fingerprint density at radius 3 is 2.95 bits per heavy atom. The van der Waals surface area contributed by atoms with E-state index in [-0.39, 0.29) is 5.82 Å². The molecule has 0 bridgehead atoms. The van der Waals surface area contributed by atoms with Crippen molar-refractivity contribution in [2.75, 3.05) is 5.75 Å². The molecule has 0 saturated heterocycles. The summed E-state index contributed by atoms with van der Waals surface area (Å²) in [5.41, 5.74) is 5.00. The average molecular weight is 296 g/mol. The molecule has 0 aliphatic rings. The molecule has 0 spiro atoms. The van der Waals surface area contributed by atoms with Gasteiger partial charge in [-0.15, -0.1) is 0 Å². The Morgan fingerprint density at radius 1 is 1.50 bits per heavy atom. The topological polar surface area (TPSA) is 93.8 Å². The summed E-state index contributed by atoms with van der Waals surface area (Å²) in [6, 6.07) is 5.62. The summed E-state index contributed by atoms with van der Waals surface area (Å²) < 4.78 is 14.4. The van der Waals surface area contributed by atoms with E-state index in [0.29, 0.717) is 16.5 Å². The summed E-state index contributed by atoms with van der Waals surface area (Å²) >= 11 is 1.21. The molecule has 2 aromatic rings. The van der Waals surface area contributed by atoms with Crippen LogP contribution in [0.2, 0.25) is 0 Å². The average Bonchev–Trinajstić information content (AvgIpc) is 2.41. The first-order valence-electron chi connectivity index (χ1n) is 5.78. The fraction of sp³-hybridized carbons (Fsp3) is 0.250. The number of thioether (sulfide) groups is 1. The highest BCUT2D eigenvalue weighted by atomic mass is 32.2. The zero-order chi connectivity index (χ0) is 14.7. The standard InChI is InChI=1S/C12H13FN4O2S/c1-17-12(15-10(18)11(19)16-17)20-6-9(14)7-3-2-4-8(13)5-7/h2-5,9H,6,14H2,1H3,(H,16,19). The number of halogens is 1. The lowest BCUT2D eigenvalue weighted by atomic mass is 10.1. The lowest BCUT2D eigenvalue weighted by molar-refractivity contribution is 0.595. The second-order valence-electron chi connectivity index (χ2n) is 4.17. The Hall–Kier alpha value is -1.93. The van der Waals surface area contributed by atoms with Gasteiger partial charge in [-0.05, 0) is 17.7 Å². The predicted molar refractivity (Wildman–Crippen MR) is 74.2 cm³/mol. The van der Waals surface area contributed by atoms with Gasteiger partial charge in [0.15, 0.2) is 5.16 Å². The molecule has 0 radical (unpaired) electrons. The van der Waals surface area contributed by atoms with Gasteiger partial charge in [0, 0.05) is 18.8 Å². The van der Waals surface area contributed by atoms with Crippen LogP contribution in [0.25, 0.3) is 0 Å². The molecule has 8 heteroatoms. The molecule has 1 aromatic heterocycles. The number of H-pyrrole nitrogens is 1. The molecular formula is C12H13FN4O2S. The minimum Gasteiger partial charge on any atom is -0.323 e. The minimum absolute atomic E-state index is 0.349. The van der Waals surface area contributed by atoms with Crippen LogP contribution in [0.1, 0.15) is 11.6 Å². The van der Waals surface area contributed by atoms with E-state index in [1.54, 1.807) is 19.2 Å². The monoisotopic (exact) mass is 296 g/mol. The Morgan fingerprint density at radius 2 is 2.25 bits per heavy atom. The molecule has 1 heterocycles. The van der Waals surface area contributed by atoms with Crippen LogP contribution in [0.3, 0.4) is 0 Å². The van der Waals surface area contributed by atoms with Gasteiger partial charge in [0.2, 0.25) is 0 Å². The van der Waals surface area contributed by atoms with E-state index < -0.39 is 17.2 Å². The maximum atomic E-state index is 13.1. The molecular weight excluding hydrogens is 283 g/mol. The number of nitrogens with one attached hydrogen (secondary N) is 1. The highest BCUT2D eigenvalue weighted by molar-refractivity contribution is 7.99. The van der Waals surface area contributed by atoms with Gasteiger partial charge >= 0.3 is 11.1 Å². The van der Waals surface area contributed by atoms with Gasteiger partial charge in [-0.3, -0.25) is 19.4 Å². The van der Waals surface area contributed by atoms with Crippen LogP contribution in [-0.4, -0.2) is 20.5 Å². The van der Waals surface area contributed by atoms with E-state index in [2.05, 4.69) is 10.1 Å². The number of aromatic amines is 1. The van der Waals surface area contributed by atoms with E-state index in [0.717, 1.165) is 0 Å². The van der Waals surface area contributed by atoms with Gasteiger partial charge in [0.25, 0.3) is 0 Å². The van der Waals surface area contributed by atoms with E-state index in [9.17, 15) is 14.0 Å². The van der Waals surface area contributed by atoms with Crippen LogP contribution < -0.4 is 16.9 Å². The summed E-state index contributed by atoms with van der Waals surface area (Å²) in [6.07, 6.45) is 0. The first kappa shape index (κ1) is 14.5. The summed E-state index contributed by atoms with van der Waals surface area (Å²) in [6.45, 7) is 0. The highest BCUT2D eigenvalue weighted by Crippen LogP contribution is 2.20. The minimum atomic E-state index is -0.843. The predicted octanol–water partition coefficient (Wildman–Crippen LogP) is 0.400. The Bertz CT molecular complexity index is 728. The molecule has 2 rings (SSSR count). The SMILES string of the molecule is Cn1[nH]c(=O)c(=O)nc1SCC(N)c1cccc(F)c1. The number of rotatable bonds is 4. The van der Waals surface area contributed by atoms with Crippen LogP contribution in [-0.2, 0) is 7.05 Å². The molecule has 106 valence electrons. The first-order valence-corrected chi connectivity index (χ1v) is 6.77. The third-order valence-electron chi connectivity index (χ3n) is 2.62. The Kier molecular flexibility index (Phi) is 4.35. The van der Waals surface area contributed by atoms with Crippen molar-refractivity contribution in [2.24, 2.45) is 12.8 Å². The molecule has 0 amide bonds. The quantitative estimate of drug-likeness (QED) is 0.629. The molecule has 3 N–H and O–H groups in total. The van der Waals surface area contributed by atoms with Crippen LogP contribution in [0, 0.1) is 5.82 Å². The normalized spacial score (nSPS) is 12.3. The molecule has 0 aliphatic carbocycles. The first-order chi connectivity index (χ1) is 9.47. The number of benzene rings is 1. The van der Waals surface area contributed by atoms with Crippen molar-refractivity contribution in [3.05, 3.63) is 56.4 Å². The Balaban J connectivity index is 2.11. The van der Waals surface area contributed by atoms with Crippen molar-refractivity contribution in [2.45, 2.75) is 11.2 Å². The largest absolute Gasteiger partial charge is 0.339 e. The molecule has 0 aliphatic heterocycles. The van der Waals surface area contributed by atoms with Gasteiger partial charge in [-0.2, -0.15) is 4.98 Å². The third-order valence-corrected chi connectivity index (χ3v) is 3.77. The van der Waals surface area contributed by atoms with Crippen LogP contribution >= 0.6 is 11.8 Å². The van der Waals surface area contributed by atoms with Crippen molar-refractivity contribution < 1.29 is 4.39 Å². The summed E-state index contributed by atoms with van der Waals surface area (Å²) in [7, 11) is 1.57. The van der Waals surface area contributed by atoms with Crippen LogP contribution in [0.5, 0.6) is 0 Å². The van der Waals surface area contributed by atoms with Gasteiger partial charge in [0.1, 0.15) is 5.82 Å². The molecule has 6 nitrogen and oxygen atoms in total. The zero-order valence-corrected chi connectivity index (χ0v) is 11.5. The van der Waals surface area contributed by atoms with Gasteiger partial charge in [-0.1, -0.05) is 23.9 Å². The molecule has 0 fully saturated rings. The summed E-state index contributed by atoms with van der Waals surface area (Å²) in [4.78, 5) is 25.9. The fourth-order valence-corrected chi connectivity index (χ4v) is 2.50. The van der Waals surface area contributed by atoms with Crippen LogP contribution in [0.15, 0.2) is 39.0 Å². The van der Waals surface area contributed by atoms with Gasteiger partial charge < -0.3 is 5.73 Å². The number of hydrogen-bond acceptors (Lipinski definition) is 5. The highest BCUT2D eigenvalue weighted by Gasteiger charge is 2.10. The number of aromatic nitrogens is 3. The molecule has 1 atom stereocenters. The summed E-state index contributed by atoms with van der Waals surface area (Å²) in [5, 5.41) is 2.69. The number of aryl methyl sites for hydroxylation is 1. The summed E-state index contributed by atoms with van der Waals surface area (Å²) in [5.74, 6) is 0.0491. The van der Waals surface area contributed by atoms with E-state index in [1.165, 1.54) is 28.6 Å². The van der Waals surface area contributed by atoms with Crippen molar-refractivity contribution >= 4 is 11.8 Å². The second-order valence-corrected chi connectivity index (χ2v) is 5.16. The Labute approximate surface area is 117 Å². The fourth-order valence-electron chi connectivity index (χ4n) is 1.59. The zero-order valence-electron chi connectivity index (χ0n) is 10.7. The molecule has 1 aromatic carbocycles. The number of hydrogen-bond donors (Lipinski definition) is 2. The van der Waals surface area contributed by atoms with Crippen molar-refractivity contribution in [1.82, 2.24) is 14.8 Å². The molecule has 0 saturated carbocycles.